The van der Waals surface area contributed by atoms with Gasteiger partial charge in [-0.1, -0.05) is 25.0 Å². The van der Waals surface area contributed by atoms with E-state index in [2.05, 4.69) is 17.9 Å². The Hall–Kier alpha value is -0.300. The van der Waals surface area contributed by atoms with Crippen LogP contribution >= 0.6 is 0 Å². The lowest BCUT2D eigenvalue weighted by Crippen LogP contribution is -2.43. The number of allylic oxidation sites excluding steroid dienone is 1. The van der Waals surface area contributed by atoms with Crippen molar-refractivity contribution in [3.05, 3.63) is 11.6 Å². The highest BCUT2D eigenvalue weighted by Crippen LogP contribution is 2.28. The number of nitrogens with zero attached hydrogens (tertiary/aromatic N) is 1. The van der Waals surface area contributed by atoms with E-state index < -0.39 is 0 Å². The van der Waals surface area contributed by atoms with Crippen LogP contribution in [-0.2, 0) is 0 Å². The first-order chi connectivity index (χ1) is 6.40. The van der Waals surface area contributed by atoms with Gasteiger partial charge in [0, 0.05) is 19.1 Å². The second kappa shape index (κ2) is 4.28. The van der Waals surface area contributed by atoms with E-state index in [9.17, 15) is 0 Å². The van der Waals surface area contributed by atoms with E-state index in [1.165, 1.54) is 51.6 Å². The van der Waals surface area contributed by atoms with Gasteiger partial charge >= 0.3 is 0 Å². The van der Waals surface area contributed by atoms with Crippen LogP contribution in [0.3, 0.4) is 0 Å². The van der Waals surface area contributed by atoms with E-state index in [0.717, 1.165) is 6.04 Å². The van der Waals surface area contributed by atoms with Crippen molar-refractivity contribution in [1.29, 1.82) is 0 Å². The number of hydrogen-bond donors (Lipinski definition) is 0. The molecule has 1 saturated carbocycles. The first kappa shape index (κ1) is 9.26. The summed E-state index contributed by atoms with van der Waals surface area (Å²) in [4.78, 5) is 2.70. The lowest BCUT2D eigenvalue weighted by Gasteiger charge is -2.40. The Labute approximate surface area is 81.8 Å². The normalized spacial score (nSPS) is 25.8. The monoisotopic (exact) mass is 179 g/mol. The maximum Gasteiger partial charge on any atom is 0.00955 e. The molecule has 74 valence electrons. The standard InChI is InChI=1S/C12H21N/c1-2-4-11-7-9-13(10-8-11)12-5-3-6-12/h4,12H,2-3,5-10H2,1H3. The summed E-state index contributed by atoms with van der Waals surface area (Å²) in [6.07, 6.45) is 10.7. The Morgan fingerprint density at radius 3 is 2.46 bits per heavy atom. The number of rotatable bonds is 2. The van der Waals surface area contributed by atoms with E-state index in [4.69, 9.17) is 0 Å². The number of piperidine rings is 1. The lowest BCUT2D eigenvalue weighted by molar-refractivity contribution is 0.118. The van der Waals surface area contributed by atoms with Gasteiger partial charge in [0.1, 0.15) is 0 Å². The largest absolute Gasteiger partial charge is 0.300 e. The summed E-state index contributed by atoms with van der Waals surface area (Å²) >= 11 is 0. The quantitative estimate of drug-likeness (QED) is 0.589. The van der Waals surface area contributed by atoms with Crippen LogP contribution in [-0.4, -0.2) is 24.0 Å². The molecule has 0 aromatic rings. The summed E-state index contributed by atoms with van der Waals surface area (Å²) < 4.78 is 0. The molecule has 0 spiro atoms. The van der Waals surface area contributed by atoms with Gasteiger partial charge in [0.2, 0.25) is 0 Å². The van der Waals surface area contributed by atoms with E-state index >= 15 is 0 Å². The minimum Gasteiger partial charge on any atom is -0.300 e. The average molecular weight is 179 g/mol. The molecule has 1 nitrogen and oxygen atoms in total. The van der Waals surface area contributed by atoms with Crippen LogP contribution in [0.2, 0.25) is 0 Å². The van der Waals surface area contributed by atoms with E-state index in [1.54, 1.807) is 5.57 Å². The van der Waals surface area contributed by atoms with Crippen molar-refractivity contribution in [2.75, 3.05) is 13.1 Å². The molecular weight excluding hydrogens is 158 g/mol. The minimum absolute atomic E-state index is 0.961. The molecule has 1 saturated heterocycles. The Balaban J connectivity index is 1.78. The van der Waals surface area contributed by atoms with Crippen molar-refractivity contribution in [3.8, 4) is 0 Å². The molecule has 1 aliphatic heterocycles. The fourth-order valence-corrected chi connectivity index (χ4v) is 2.42. The summed E-state index contributed by atoms with van der Waals surface area (Å²) in [6.45, 7) is 4.90. The highest BCUT2D eigenvalue weighted by Gasteiger charge is 2.26. The summed E-state index contributed by atoms with van der Waals surface area (Å²) in [7, 11) is 0. The zero-order valence-electron chi connectivity index (χ0n) is 8.76. The van der Waals surface area contributed by atoms with Crippen molar-refractivity contribution in [2.24, 2.45) is 0 Å². The maximum atomic E-state index is 2.70. The molecule has 0 radical (unpaired) electrons. The Kier molecular flexibility index (Phi) is 3.05. The summed E-state index contributed by atoms with van der Waals surface area (Å²) in [5.74, 6) is 0. The number of likely N-dealkylation sites (tertiary alicyclic amines) is 1. The maximum absolute atomic E-state index is 2.70. The Morgan fingerprint density at radius 2 is 2.00 bits per heavy atom. The average Bonchev–Trinajstić information content (AvgIpc) is 2.06. The zero-order chi connectivity index (χ0) is 9.10. The van der Waals surface area contributed by atoms with Gasteiger partial charge in [-0.25, -0.2) is 0 Å². The van der Waals surface area contributed by atoms with Crippen LogP contribution in [0.1, 0.15) is 45.4 Å². The molecule has 0 atom stereocenters. The van der Waals surface area contributed by atoms with Gasteiger partial charge in [0.15, 0.2) is 0 Å². The smallest absolute Gasteiger partial charge is 0.00955 e. The highest BCUT2D eigenvalue weighted by molar-refractivity contribution is 5.06. The molecule has 13 heavy (non-hydrogen) atoms. The van der Waals surface area contributed by atoms with Crippen molar-refractivity contribution in [3.63, 3.8) is 0 Å². The van der Waals surface area contributed by atoms with Crippen LogP contribution in [0.5, 0.6) is 0 Å². The molecule has 0 N–H and O–H groups in total. The first-order valence-electron chi connectivity index (χ1n) is 5.82. The zero-order valence-corrected chi connectivity index (χ0v) is 8.76. The molecule has 0 amide bonds. The molecule has 2 fully saturated rings. The molecule has 1 heterocycles. The van der Waals surface area contributed by atoms with Gasteiger partial charge in [-0.05, 0) is 32.1 Å². The van der Waals surface area contributed by atoms with E-state index in [-0.39, 0.29) is 0 Å². The third kappa shape index (κ3) is 2.14. The summed E-state index contributed by atoms with van der Waals surface area (Å²) in [5.41, 5.74) is 1.71. The van der Waals surface area contributed by atoms with Crippen molar-refractivity contribution >= 4 is 0 Å². The molecule has 0 aromatic heterocycles. The molecule has 1 heteroatoms. The topological polar surface area (TPSA) is 3.24 Å². The van der Waals surface area contributed by atoms with Crippen molar-refractivity contribution in [1.82, 2.24) is 4.90 Å². The predicted molar refractivity (Wildman–Crippen MR) is 56.8 cm³/mol. The van der Waals surface area contributed by atoms with Gasteiger partial charge < -0.3 is 0 Å². The second-order valence-corrected chi connectivity index (χ2v) is 4.39. The van der Waals surface area contributed by atoms with Crippen LogP contribution < -0.4 is 0 Å². The van der Waals surface area contributed by atoms with Crippen LogP contribution in [0.4, 0.5) is 0 Å². The molecular formula is C12H21N. The molecule has 1 aliphatic carbocycles. The van der Waals surface area contributed by atoms with Gasteiger partial charge in [-0.15, -0.1) is 0 Å². The third-order valence-electron chi connectivity index (χ3n) is 3.52. The number of hydrogen-bond acceptors (Lipinski definition) is 1. The van der Waals surface area contributed by atoms with Crippen LogP contribution in [0, 0.1) is 0 Å². The third-order valence-corrected chi connectivity index (χ3v) is 3.52. The predicted octanol–water partition coefficient (Wildman–Crippen LogP) is 2.97. The van der Waals surface area contributed by atoms with Crippen molar-refractivity contribution in [2.45, 2.75) is 51.5 Å². The van der Waals surface area contributed by atoms with Crippen LogP contribution in [0.25, 0.3) is 0 Å². The SMILES string of the molecule is CCC=C1CCN(C2CCC2)CC1. The lowest BCUT2D eigenvalue weighted by atomic mass is 9.89. The fourth-order valence-electron chi connectivity index (χ4n) is 2.42. The van der Waals surface area contributed by atoms with Gasteiger partial charge in [-0.3, -0.25) is 4.90 Å². The molecule has 2 rings (SSSR count). The van der Waals surface area contributed by atoms with E-state index in [1.807, 2.05) is 0 Å². The van der Waals surface area contributed by atoms with Crippen LogP contribution in [0.15, 0.2) is 11.6 Å². The Morgan fingerprint density at radius 1 is 1.31 bits per heavy atom. The highest BCUT2D eigenvalue weighted by atomic mass is 15.2. The van der Waals surface area contributed by atoms with Gasteiger partial charge in [0.05, 0.1) is 0 Å². The fraction of sp³-hybridized carbons (Fsp3) is 0.833. The first-order valence-corrected chi connectivity index (χ1v) is 5.82. The second-order valence-electron chi connectivity index (χ2n) is 4.39. The summed E-state index contributed by atoms with van der Waals surface area (Å²) in [6, 6.07) is 0.961. The van der Waals surface area contributed by atoms with Gasteiger partial charge in [0.25, 0.3) is 0 Å². The molecule has 0 aromatic carbocycles. The van der Waals surface area contributed by atoms with E-state index in [0.29, 0.717) is 0 Å². The minimum atomic E-state index is 0.961. The molecule has 0 bridgehead atoms. The Bertz CT molecular complexity index is 181. The molecule has 0 unspecified atom stereocenters. The van der Waals surface area contributed by atoms with Crippen molar-refractivity contribution < 1.29 is 0 Å². The van der Waals surface area contributed by atoms with Gasteiger partial charge in [-0.2, -0.15) is 0 Å². The molecule has 2 aliphatic rings. The summed E-state index contributed by atoms with van der Waals surface area (Å²) in [5, 5.41) is 0.